The highest BCUT2D eigenvalue weighted by Gasteiger charge is 2.22. The number of ether oxygens (including phenoxy) is 1. The molecule has 1 saturated carbocycles. The second-order valence-electron chi connectivity index (χ2n) is 11.3. The van der Waals surface area contributed by atoms with Crippen molar-refractivity contribution in [2.45, 2.75) is 45.4 Å². The van der Waals surface area contributed by atoms with Crippen molar-refractivity contribution >= 4 is 28.3 Å². The van der Waals surface area contributed by atoms with Crippen LogP contribution in [-0.4, -0.2) is 60.1 Å². The Balaban J connectivity index is 0.981. The zero-order chi connectivity index (χ0) is 28.0. The summed E-state index contributed by atoms with van der Waals surface area (Å²) < 4.78 is 6.03. The van der Waals surface area contributed by atoms with E-state index in [-0.39, 0.29) is 11.8 Å². The largest absolute Gasteiger partial charge is 0.492 e. The molecule has 0 spiro atoms. The highest BCUT2D eigenvalue weighted by atomic mass is 16.5. The number of piperazine rings is 1. The van der Waals surface area contributed by atoms with Gasteiger partial charge in [-0.3, -0.25) is 9.69 Å². The predicted molar refractivity (Wildman–Crippen MR) is 167 cm³/mol. The molecule has 4 aromatic rings. The van der Waals surface area contributed by atoms with E-state index in [1.165, 1.54) is 17.7 Å². The molecule has 1 aliphatic carbocycles. The average molecular weight is 552 g/mol. The van der Waals surface area contributed by atoms with Gasteiger partial charge in [-0.2, -0.15) is 0 Å². The number of carbonyl (C=O) groups excluding carboxylic acids is 1. The van der Waals surface area contributed by atoms with Crippen molar-refractivity contribution in [3.63, 3.8) is 0 Å². The van der Waals surface area contributed by atoms with Crippen molar-refractivity contribution in [2.24, 2.45) is 5.92 Å². The predicted octanol–water partition coefficient (Wildman–Crippen LogP) is 6.51. The van der Waals surface area contributed by atoms with Crippen LogP contribution in [0.5, 0.6) is 5.75 Å². The van der Waals surface area contributed by atoms with Crippen LogP contribution in [0.25, 0.3) is 22.4 Å². The number of rotatable bonds is 9. The zero-order valence-corrected chi connectivity index (χ0v) is 24.1. The molecule has 214 valence electrons. The van der Waals surface area contributed by atoms with Crippen LogP contribution in [0.2, 0.25) is 0 Å². The number of nitrogens with one attached hydrogen (secondary N) is 2. The highest BCUT2D eigenvalue weighted by molar-refractivity contribution is 5.92. The van der Waals surface area contributed by atoms with Crippen LogP contribution in [0.4, 0.5) is 11.4 Å². The number of carbonyl (C=O) groups is 1. The summed E-state index contributed by atoms with van der Waals surface area (Å²) in [6.45, 7) is 7.60. The van der Waals surface area contributed by atoms with Gasteiger partial charge in [0, 0.05) is 49.9 Å². The van der Waals surface area contributed by atoms with E-state index in [0.717, 1.165) is 98.7 Å². The number of fused-ring (bicyclic) bond motifs is 1. The van der Waals surface area contributed by atoms with E-state index in [1.54, 1.807) is 0 Å². The first kappa shape index (κ1) is 27.3. The number of nitrogens with zero attached hydrogens (tertiary/aromatic N) is 3. The second kappa shape index (κ2) is 12.8. The van der Waals surface area contributed by atoms with Gasteiger partial charge in [-0.15, -0.1) is 0 Å². The number of aryl methyl sites for hydroxylation is 1. The van der Waals surface area contributed by atoms with Crippen LogP contribution in [0, 0.1) is 5.92 Å². The first-order valence-electron chi connectivity index (χ1n) is 15.3. The average Bonchev–Trinajstić information content (AvgIpc) is 3.47. The monoisotopic (exact) mass is 551 g/mol. The lowest BCUT2D eigenvalue weighted by Crippen LogP contribution is -2.47. The maximum absolute atomic E-state index is 12.5. The lowest BCUT2D eigenvalue weighted by Gasteiger charge is -2.36. The van der Waals surface area contributed by atoms with Crippen LogP contribution in [0.1, 0.15) is 44.6 Å². The summed E-state index contributed by atoms with van der Waals surface area (Å²) >= 11 is 0. The van der Waals surface area contributed by atoms with E-state index in [4.69, 9.17) is 9.72 Å². The molecule has 2 aliphatic rings. The van der Waals surface area contributed by atoms with Crippen molar-refractivity contribution in [1.29, 1.82) is 0 Å². The number of benzene rings is 3. The molecule has 0 atom stereocenters. The third-order valence-corrected chi connectivity index (χ3v) is 8.61. The summed E-state index contributed by atoms with van der Waals surface area (Å²) in [6.07, 6.45) is 6.63. The molecular formula is C34H41N5O2. The maximum Gasteiger partial charge on any atom is 0.227 e. The fourth-order valence-corrected chi connectivity index (χ4v) is 6.06. The van der Waals surface area contributed by atoms with Gasteiger partial charge in [0.15, 0.2) is 0 Å². The Morgan fingerprint density at radius 1 is 0.951 bits per heavy atom. The first-order chi connectivity index (χ1) is 20.2. The Morgan fingerprint density at radius 3 is 2.44 bits per heavy atom. The molecule has 7 nitrogen and oxygen atoms in total. The molecule has 41 heavy (non-hydrogen) atoms. The minimum Gasteiger partial charge on any atom is -0.492 e. The molecule has 0 bridgehead atoms. The van der Waals surface area contributed by atoms with Gasteiger partial charge in [0.1, 0.15) is 23.7 Å². The van der Waals surface area contributed by atoms with Gasteiger partial charge >= 0.3 is 0 Å². The Kier molecular flexibility index (Phi) is 8.52. The van der Waals surface area contributed by atoms with Gasteiger partial charge in [-0.05, 0) is 61.2 Å². The van der Waals surface area contributed by atoms with Gasteiger partial charge < -0.3 is 19.9 Å². The molecule has 2 N–H and O–H groups in total. The summed E-state index contributed by atoms with van der Waals surface area (Å²) in [5.74, 6) is 2.08. The number of amides is 1. The zero-order valence-electron chi connectivity index (χ0n) is 24.1. The Labute approximate surface area is 242 Å². The second-order valence-corrected chi connectivity index (χ2v) is 11.3. The third kappa shape index (κ3) is 6.57. The Hall–Kier alpha value is -3.84. The summed E-state index contributed by atoms with van der Waals surface area (Å²) in [6, 6.07) is 22.9. The molecular weight excluding hydrogens is 510 g/mol. The fourth-order valence-electron chi connectivity index (χ4n) is 6.06. The minimum absolute atomic E-state index is 0.156. The number of hydrogen-bond donors (Lipinski definition) is 2. The van der Waals surface area contributed by atoms with Crippen LogP contribution in [-0.2, 0) is 11.2 Å². The summed E-state index contributed by atoms with van der Waals surface area (Å²) in [5, 5.41) is 3.08. The van der Waals surface area contributed by atoms with E-state index >= 15 is 0 Å². The maximum atomic E-state index is 12.5. The van der Waals surface area contributed by atoms with Gasteiger partial charge in [0.2, 0.25) is 5.91 Å². The SMILES string of the molecule is CCc1ccc(-c2nc3c(N4CCN(CCOc5ccc(NC(=O)C6CCCCC6)cc5)CC4)cccc3[nH]2)cc1. The first-order valence-corrected chi connectivity index (χ1v) is 15.3. The number of hydrogen-bond acceptors (Lipinski definition) is 5. The van der Waals surface area contributed by atoms with E-state index in [2.05, 4.69) is 69.5 Å². The summed E-state index contributed by atoms with van der Waals surface area (Å²) in [7, 11) is 0. The smallest absolute Gasteiger partial charge is 0.227 e. The highest BCUT2D eigenvalue weighted by Crippen LogP contribution is 2.29. The quantitative estimate of drug-likeness (QED) is 0.248. The molecule has 1 saturated heterocycles. The van der Waals surface area contributed by atoms with Crippen molar-refractivity contribution in [3.05, 3.63) is 72.3 Å². The van der Waals surface area contributed by atoms with E-state index in [9.17, 15) is 4.79 Å². The molecule has 6 rings (SSSR count). The number of aromatic amines is 1. The summed E-state index contributed by atoms with van der Waals surface area (Å²) in [5.41, 5.74) is 6.61. The topological polar surface area (TPSA) is 73.5 Å². The lowest BCUT2D eigenvalue weighted by molar-refractivity contribution is -0.120. The Morgan fingerprint density at radius 2 is 1.71 bits per heavy atom. The molecule has 2 heterocycles. The molecule has 1 aliphatic heterocycles. The molecule has 7 heteroatoms. The van der Waals surface area contributed by atoms with Gasteiger partial charge in [-0.1, -0.05) is 56.5 Å². The molecule has 0 unspecified atom stereocenters. The summed E-state index contributed by atoms with van der Waals surface area (Å²) in [4.78, 5) is 25.9. The number of para-hydroxylation sites is 1. The molecule has 2 fully saturated rings. The number of aromatic nitrogens is 2. The van der Waals surface area contributed by atoms with Gasteiger partial charge in [-0.25, -0.2) is 4.98 Å². The molecule has 0 radical (unpaired) electrons. The minimum atomic E-state index is 0.156. The lowest BCUT2D eigenvalue weighted by atomic mass is 9.88. The van der Waals surface area contributed by atoms with Crippen LogP contribution < -0.4 is 15.0 Å². The van der Waals surface area contributed by atoms with Crippen molar-refractivity contribution in [2.75, 3.05) is 49.5 Å². The number of H-pyrrole nitrogens is 1. The number of anilines is 2. The third-order valence-electron chi connectivity index (χ3n) is 8.61. The van der Waals surface area contributed by atoms with Crippen LogP contribution >= 0.6 is 0 Å². The van der Waals surface area contributed by atoms with Gasteiger partial charge in [0.05, 0.1) is 11.2 Å². The van der Waals surface area contributed by atoms with Crippen LogP contribution in [0.15, 0.2) is 66.7 Å². The van der Waals surface area contributed by atoms with Crippen LogP contribution in [0.3, 0.4) is 0 Å². The number of imidazole rings is 1. The van der Waals surface area contributed by atoms with E-state index in [0.29, 0.717) is 6.61 Å². The van der Waals surface area contributed by atoms with Crippen molar-refractivity contribution in [1.82, 2.24) is 14.9 Å². The Bertz CT molecular complexity index is 1430. The van der Waals surface area contributed by atoms with Crippen molar-refractivity contribution < 1.29 is 9.53 Å². The fraction of sp³-hybridized carbons (Fsp3) is 0.412. The normalized spacial score (nSPS) is 16.7. The van der Waals surface area contributed by atoms with Gasteiger partial charge in [0.25, 0.3) is 0 Å². The van der Waals surface area contributed by atoms with E-state index < -0.39 is 0 Å². The molecule has 3 aromatic carbocycles. The van der Waals surface area contributed by atoms with E-state index in [1.807, 2.05) is 24.3 Å². The molecule has 1 aromatic heterocycles. The molecule has 1 amide bonds. The van der Waals surface area contributed by atoms with Crippen molar-refractivity contribution in [3.8, 4) is 17.1 Å². The standard InChI is InChI=1S/C34H41N5O2/c1-2-25-11-13-26(14-12-25)33-36-30-9-6-10-31(32(30)37-33)39-21-19-38(20-22-39)23-24-41-29-17-15-28(16-18-29)35-34(40)27-7-4-3-5-8-27/h6,9-18,27H,2-5,7-8,19-24H2,1H3,(H,35,40)(H,36,37).